The molecule has 0 saturated carbocycles. The quantitative estimate of drug-likeness (QED) is 0.564. The van der Waals surface area contributed by atoms with Crippen LogP contribution in [0, 0.1) is 0 Å². The zero-order valence-electron chi connectivity index (χ0n) is 18.8. The summed E-state index contributed by atoms with van der Waals surface area (Å²) in [7, 11) is 0. The third-order valence-electron chi connectivity index (χ3n) is 5.33. The molecule has 1 aromatic carbocycles. The molecule has 0 unspecified atom stereocenters. The Kier molecular flexibility index (Phi) is 6.80. The van der Waals surface area contributed by atoms with Crippen molar-refractivity contribution in [2.45, 2.75) is 39.2 Å². The third kappa shape index (κ3) is 5.68. The highest BCUT2D eigenvalue weighted by Gasteiger charge is 2.22. The van der Waals surface area contributed by atoms with Gasteiger partial charge in [0.1, 0.15) is 12.1 Å². The molecular formula is C22H29N7O2S. The lowest BCUT2D eigenvalue weighted by Gasteiger charge is -2.21. The van der Waals surface area contributed by atoms with E-state index in [1.165, 1.54) is 11.3 Å². The standard InChI is InChI=1S/C22H29N7O2S/c1-22(2,3)21-24-17(15-32-21)13-27-9-4-10-28(12-11-27)20(30)14-31-19-7-5-18(6-8-19)29-16-23-25-26-29/h5-8,15-16H,4,9-14H2,1-3H3. The van der Waals surface area contributed by atoms with Crippen molar-refractivity contribution in [2.24, 2.45) is 0 Å². The lowest BCUT2D eigenvalue weighted by molar-refractivity contribution is -0.133. The van der Waals surface area contributed by atoms with Crippen molar-refractivity contribution in [3.63, 3.8) is 0 Å². The van der Waals surface area contributed by atoms with E-state index in [0.29, 0.717) is 12.3 Å². The minimum absolute atomic E-state index is 0.0140. The molecule has 1 amide bonds. The Bertz CT molecular complexity index is 1010. The van der Waals surface area contributed by atoms with Crippen LogP contribution in [0.3, 0.4) is 0 Å². The van der Waals surface area contributed by atoms with E-state index in [1.807, 2.05) is 29.2 Å². The zero-order valence-corrected chi connectivity index (χ0v) is 19.6. The van der Waals surface area contributed by atoms with Crippen molar-refractivity contribution >= 4 is 17.2 Å². The monoisotopic (exact) mass is 455 g/mol. The molecule has 170 valence electrons. The lowest BCUT2D eigenvalue weighted by atomic mass is 9.98. The topological polar surface area (TPSA) is 89.3 Å². The molecule has 0 spiro atoms. The van der Waals surface area contributed by atoms with Crippen LogP contribution in [-0.2, 0) is 16.8 Å². The van der Waals surface area contributed by atoms with Gasteiger partial charge in [-0.25, -0.2) is 9.67 Å². The fourth-order valence-electron chi connectivity index (χ4n) is 3.54. The average Bonchev–Trinajstić information content (AvgIpc) is 3.42. The maximum absolute atomic E-state index is 12.7. The summed E-state index contributed by atoms with van der Waals surface area (Å²) < 4.78 is 7.28. The summed E-state index contributed by atoms with van der Waals surface area (Å²) in [6.07, 6.45) is 2.47. The number of benzene rings is 1. The van der Waals surface area contributed by atoms with E-state index >= 15 is 0 Å². The maximum Gasteiger partial charge on any atom is 0.260 e. The number of amides is 1. The van der Waals surface area contributed by atoms with E-state index in [1.54, 1.807) is 16.0 Å². The first kappa shape index (κ1) is 22.3. The number of aromatic nitrogens is 5. The highest BCUT2D eigenvalue weighted by molar-refractivity contribution is 7.09. The Hall–Kier alpha value is -2.85. The molecule has 0 radical (unpaired) electrons. The van der Waals surface area contributed by atoms with E-state index in [0.717, 1.165) is 44.0 Å². The molecule has 9 nitrogen and oxygen atoms in total. The SMILES string of the molecule is CC(C)(C)c1nc(CN2CCCN(C(=O)COc3ccc(-n4cnnn4)cc3)CC2)cs1. The molecule has 1 saturated heterocycles. The van der Waals surface area contributed by atoms with Crippen molar-refractivity contribution in [3.8, 4) is 11.4 Å². The van der Waals surface area contributed by atoms with Gasteiger partial charge in [0.15, 0.2) is 6.61 Å². The van der Waals surface area contributed by atoms with Crippen LogP contribution in [0.15, 0.2) is 36.0 Å². The van der Waals surface area contributed by atoms with Crippen LogP contribution in [0.4, 0.5) is 0 Å². The molecule has 32 heavy (non-hydrogen) atoms. The highest BCUT2D eigenvalue weighted by Crippen LogP contribution is 2.26. The van der Waals surface area contributed by atoms with E-state index in [4.69, 9.17) is 9.72 Å². The predicted octanol–water partition coefficient (Wildman–Crippen LogP) is 2.53. The van der Waals surface area contributed by atoms with Crippen molar-refractivity contribution in [1.29, 1.82) is 0 Å². The van der Waals surface area contributed by atoms with Gasteiger partial charge in [-0.3, -0.25) is 9.69 Å². The van der Waals surface area contributed by atoms with Crippen LogP contribution < -0.4 is 4.74 Å². The summed E-state index contributed by atoms with van der Waals surface area (Å²) in [6, 6.07) is 7.33. The molecule has 2 aromatic heterocycles. The van der Waals surface area contributed by atoms with Gasteiger partial charge in [-0.15, -0.1) is 16.4 Å². The van der Waals surface area contributed by atoms with Gasteiger partial charge >= 0.3 is 0 Å². The van der Waals surface area contributed by atoms with Crippen molar-refractivity contribution in [1.82, 2.24) is 35.0 Å². The smallest absolute Gasteiger partial charge is 0.260 e. The van der Waals surface area contributed by atoms with Crippen LogP contribution in [0.25, 0.3) is 5.69 Å². The van der Waals surface area contributed by atoms with E-state index in [2.05, 4.69) is 46.6 Å². The first-order valence-electron chi connectivity index (χ1n) is 10.8. The number of carbonyl (C=O) groups excluding carboxylic acids is 1. The first-order chi connectivity index (χ1) is 15.4. The largest absolute Gasteiger partial charge is 0.484 e. The molecule has 0 bridgehead atoms. The van der Waals surface area contributed by atoms with Gasteiger partial charge in [-0.05, 0) is 41.1 Å². The minimum Gasteiger partial charge on any atom is -0.484 e. The molecule has 3 heterocycles. The van der Waals surface area contributed by atoms with Crippen LogP contribution in [0.1, 0.15) is 37.9 Å². The van der Waals surface area contributed by atoms with Gasteiger partial charge in [0.2, 0.25) is 0 Å². The number of tetrazole rings is 1. The second kappa shape index (κ2) is 9.74. The maximum atomic E-state index is 12.7. The van der Waals surface area contributed by atoms with E-state index < -0.39 is 0 Å². The minimum atomic E-state index is 0.0140. The molecule has 10 heteroatoms. The van der Waals surface area contributed by atoms with Gasteiger partial charge in [0, 0.05) is 43.5 Å². The summed E-state index contributed by atoms with van der Waals surface area (Å²) >= 11 is 1.73. The summed E-state index contributed by atoms with van der Waals surface area (Å²) in [5.74, 6) is 0.657. The fraction of sp³-hybridized carbons (Fsp3) is 0.500. The number of nitrogens with zero attached hydrogens (tertiary/aromatic N) is 7. The molecule has 0 atom stereocenters. The number of hydrogen-bond acceptors (Lipinski definition) is 8. The molecule has 0 N–H and O–H groups in total. The van der Waals surface area contributed by atoms with Crippen LogP contribution in [0.2, 0.25) is 0 Å². The van der Waals surface area contributed by atoms with Crippen LogP contribution in [-0.4, -0.2) is 73.7 Å². The van der Waals surface area contributed by atoms with Crippen molar-refractivity contribution in [3.05, 3.63) is 46.7 Å². The molecular weight excluding hydrogens is 426 g/mol. The fourth-order valence-corrected chi connectivity index (χ4v) is 4.44. The normalized spacial score (nSPS) is 15.5. The number of ether oxygens (including phenoxy) is 1. The van der Waals surface area contributed by atoms with Crippen molar-refractivity contribution in [2.75, 3.05) is 32.8 Å². The Morgan fingerprint density at radius 1 is 1.12 bits per heavy atom. The van der Waals surface area contributed by atoms with Gasteiger partial charge in [-0.2, -0.15) is 0 Å². The highest BCUT2D eigenvalue weighted by atomic mass is 32.1. The molecule has 1 fully saturated rings. The Balaban J connectivity index is 1.25. The van der Waals surface area contributed by atoms with E-state index in [9.17, 15) is 4.79 Å². The molecule has 0 aliphatic carbocycles. The van der Waals surface area contributed by atoms with Gasteiger partial charge in [0.25, 0.3) is 5.91 Å². The number of hydrogen-bond donors (Lipinski definition) is 0. The second-order valence-electron chi connectivity index (χ2n) is 8.94. The van der Waals surface area contributed by atoms with Crippen LogP contribution in [0.5, 0.6) is 5.75 Å². The van der Waals surface area contributed by atoms with Gasteiger partial charge in [0.05, 0.1) is 16.4 Å². The second-order valence-corrected chi connectivity index (χ2v) is 9.80. The first-order valence-corrected chi connectivity index (χ1v) is 11.7. The summed E-state index contributed by atoms with van der Waals surface area (Å²) in [4.78, 5) is 21.8. The van der Waals surface area contributed by atoms with Crippen LogP contribution >= 0.6 is 11.3 Å². The molecule has 1 aliphatic heterocycles. The average molecular weight is 456 g/mol. The van der Waals surface area contributed by atoms with Gasteiger partial charge in [-0.1, -0.05) is 20.8 Å². The predicted molar refractivity (Wildman–Crippen MR) is 122 cm³/mol. The Morgan fingerprint density at radius 3 is 2.62 bits per heavy atom. The Labute approximate surface area is 192 Å². The summed E-state index contributed by atoms with van der Waals surface area (Å²) in [6.45, 7) is 10.7. The van der Waals surface area contributed by atoms with Crippen molar-refractivity contribution < 1.29 is 9.53 Å². The summed E-state index contributed by atoms with van der Waals surface area (Å²) in [5, 5.41) is 14.4. The molecule has 3 aromatic rings. The summed E-state index contributed by atoms with van der Waals surface area (Å²) in [5.41, 5.74) is 2.03. The Morgan fingerprint density at radius 2 is 1.94 bits per heavy atom. The third-order valence-corrected chi connectivity index (χ3v) is 6.65. The number of carbonyl (C=O) groups is 1. The van der Waals surface area contributed by atoms with E-state index in [-0.39, 0.29) is 17.9 Å². The lowest BCUT2D eigenvalue weighted by Crippen LogP contribution is -2.38. The number of rotatable bonds is 6. The molecule has 4 rings (SSSR count). The zero-order chi connectivity index (χ0) is 22.6. The number of thiazole rings is 1. The molecule has 1 aliphatic rings. The van der Waals surface area contributed by atoms with Gasteiger partial charge < -0.3 is 9.64 Å².